The molecule has 1 aromatic heterocycles. The first-order chi connectivity index (χ1) is 8.37. The van der Waals surface area contributed by atoms with Gasteiger partial charge in [0, 0.05) is 23.6 Å². The quantitative estimate of drug-likeness (QED) is 0.896. The SMILES string of the molecule is CC(C)Cc1sc(N)nc1C1CCC(F)(F)CC1. The Hall–Kier alpha value is -0.710. The molecule has 1 aromatic rings. The molecule has 2 nitrogen and oxygen atoms in total. The third-order valence-electron chi connectivity index (χ3n) is 3.44. The summed E-state index contributed by atoms with van der Waals surface area (Å²) < 4.78 is 26.3. The lowest BCUT2D eigenvalue weighted by molar-refractivity contribution is -0.0385. The lowest BCUT2D eigenvalue weighted by Crippen LogP contribution is -2.24. The van der Waals surface area contributed by atoms with E-state index in [4.69, 9.17) is 5.73 Å². The second-order valence-corrected chi connectivity index (χ2v) is 6.70. The highest BCUT2D eigenvalue weighted by molar-refractivity contribution is 7.15. The van der Waals surface area contributed by atoms with Crippen LogP contribution in [-0.4, -0.2) is 10.9 Å². The number of hydrogen-bond acceptors (Lipinski definition) is 3. The fourth-order valence-corrected chi connectivity index (χ4v) is 3.66. The minimum Gasteiger partial charge on any atom is -0.375 e. The molecular formula is C13H20F2N2S. The van der Waals surface area contributed by atoms with Crippen LogP contribution in [0.15, 0.2) is 0 Å². The van der Waals surface area contributed by atoms with Gasteiger partial charge in [0.15, 0.2) is 5.13 Å². The van der Waals surface area contributed by atoms with E-state index in [-0.39, 0.29) is 18.8 Å². The van der Waals surface area contributed by atoms with E-state index in [0.717, 1.165) is 12.1 Å². The van der Waals surface area contributed by atoms with Crippen molar-refractivity contribution in [1.29, 1.82) is 0 Å². The zero-order valence-corrected chi connectivity index (χ0v) is 11.7. The molecule has 0 saturated heterocycles. The van der Waals surface area contributed by atoms with E-state index < -0.39 is 5.92 Å². The summed E-state index contributed by atoms with van der Waals surface area (Å²) in [6.45, 7) is 4.30. The van der Waals surface area contributed by atoms with Crippen LogP contribution in [0.1, 0.15) is 56.0 Å². The molecule has 0 aliphatic heterocycles. The highest BCUT2D eigenvalue weighted by Crippen LogP contribution is 2.43. The molecule has 1 heterocycles. The van der Waals surface area contributed by atoms with Crippen LogP contribution in [0.3, 0.4) is 0 Å². The first kappa shape index (κ1) is 13.7. The molecule has 0 radical (unpaired) electrons. The van der Waals surface area contributed by atoms with Gasteiger partial charge in [-0.05, 0) is 25.2 Å². The molecule has 5 heteroatoms. The number of nitrogens with zero attached hydrogens (tertiary/aromatic N) is 1. The molecule has 1 saturated carbocycles. The summed E-state index contributed by atoms with van der Waals surface area (Å²) in [5.41, 5.74) is 6.76. The Morgan fingerprint density at radius 3 is 2.56 bits per heavy atom. The normalized spacial score (nSPS) is 20.5. The minimum absolute atomic E-state index is 0.0176. The number of aromatic nitrogens is 1. The van der Waals surface area contributed by atoms with Gasteiger partial charge in [-0.1, -0.05) is 13.8 Å². The van der Waals surface area contributed by atoms with Crippen molar-refractivity contribution in [3.05, 3.63) is 10.6 Å². The lowest BCUT2D eigenvalue weighted by Gasteiger charge is -2.27. The number of anilines is 1. The molecule has 0 aromatic carbocycles. The Labute approximate surface area is 111 Å². The van der Waals surface area contributed by atoms with Gasteiger partial charge < -0.3 is 5.73 Å². The molecule has 1 fully saturated rings. The monoisotopic (exact) mass is 274 g/mol. The largest absolute Gasteiger partial charge is 0.375 e. The van der Waals surface area contributed by atoms with Crippen molar-refractivity contribution >= 4 is 16.5 Å². The number of alkyl halides is 2. The van der Waals surface area contributed by atoms with Gasteiger partial charge >= 0.3 is 0 Å². The predicted molar refractivity (Wildman–Crippen MR) is 71.2 cm³/mol. The summed E-state index contributed by atoms with van der Waals surface area (Å²) in [5.74, 6) is -1.77. The molecule has 1 aliphatic rings. The highest BCUT2D eigenvalue weighted by atomic mass is 32.1. The van der Waals surface area contributed by atoms with Gasteiger partial charge in [0.1, 0.15) is 0 Å². The number of nitrogens with two attached hydrogens (primary N) is 1. The number of rotatable bonds is 3. The Bertz CT molecular complexity index is 405. The summed E-state index contributed by atoms with van der Waals surface area (Å²) in [7, 11) is 0. The first-order valence-corrected chi connectivity index (χ1v) is 7.32. The minimum atomic E-state index is -2.48. The third-order valence-corrected chi connectivity index (χ3v) is 4.36. The van der Waals surface area contributed by atoms with Crippen molar-refractivity contribution in [3.8, 4) is 0 Å². The maximum atomic E-state index is 13.2. The Kier molecular flexibility index (Phi) is 3.90. The number of halogens is 2. The summed E-state index contributed by atoms with van der Waals surface area (Å²) in [6.07, 6.45) is 1.96. The van der Waals surface area contributed by atoms with Gasteiger partial charge in [0.05, 0.1) is 5.69 Å². The van der Waals surface area contributed by atoms with Gasteiger partial charge in [0.25, 0.3) is 0 Å². The molecule has 18 heavy (non-hydrogen) atoms. The summed E-state index contributed by atoms with van der Waals surface area (Å²) in [4.78, 5) is 5.58. The Morgan fingerprint density at radius 1 is 1.39 bits per heavy atom. The summed E-state index contributed by atoms with van der Waals surface area (Å²) >= 11 is 1.52. The van der Waals surface area contributed by atoms with E-state index in [1.54, 1.807) is 0 Å². The van der Waals surface area contributed by atoms with E-state index in [1.807, 2.05) is 0 Å². The van der Waals surface area contributed by atoms with Crippen molar-refractivity contribution in [2.24, 2.45) is 5.92 Å². The molecule has 0 spiro atoms. The van der Waals surface area contributed by atoms with Gasteiger partial charge in [0.2, 0.25) is 5.92 Å². The van der Waals surface area contributed by atoms with Crippen LogP contribution in [0, 0.1) is 5.92 Å². The van der Waals surface area contributed by atoms with Crippen LogP contribution < -0.4 is 5.73 Å². The van der Waals surface area contributed by atoms with Crippen LogP contribution in [0.4, 0.5) is 13.9 Å². The van der Waals surface area contributed by atoms with Crippen molar-refractivity contribution in [1.82, 2.24) is 4.98 Å². The van der Waals surface area contributed by atoms with E-state index in [2.05, 4.69) is 18.8 Å². The fraction of sp³-hybridized carbons (Fsp3) is 0.769. The van der Waals surface area contributed by atoms with E-state index >= 15 is 0 Å². The van der Waals surface area contributed by atoms with Crippen molar-refractivity contribution in [2.75, 3.05) is 5.73 Å². The predicted octanol–water partition coefficient (Wildman–Crippen LogP) is 4.22. The standard InChI is InChI=1S/C13H20F2N2S/c1-8(2)7-10-11(17-12(16)18-10)9-3-5-13(14,15)6-4-9/h8-9H,3-7H2,1-2H3,(H2,16,17). The van der Waals surface area contributed by atoms with E-state index in [9.17, 15) is 8.78 Å². The zero-order valence-electron chi connectivity index (χ0n) is 10.9. The van der Waals surface area contributed by atoms with Crippen molar-refractivity contribution < 1.29 is 8.78 Å². The average Bonchev–Trinajstić information content (AvgIpc) is 2.58. The number of hydrogen-bond donors (Lipinski definition) is 1. The summed E-state index contributed by atoms with van der Waals surface area (Å²) in [5, 5.41) is 0.568. The maximum Gasteiger partial charge on any atom is 0.248 e. The summed E-state index contributed by atoms with van der Waals surface area (Å²) in [6, 6.07) is 0. The van der Waals surface area contributed by atoms with Gasteiger partial charge in [-0.2, -0.15) is 0 Å². The number of thiazole rings is 1. The molecule has 0 bridgehead atoms. The smallest absolute Gasteiger partial charge is 0.248 e. The molecule has 0 amide bonds. The second-order valence-electron chi connectivity index (χ2n) is 5.59. The Balaban J connectivity index is 2.13. The molecular weight excluding hydrogens is 254 g/mol. The maximum absolute atomic E-state index is 13.2. The Morgan fingerprint density at radius 2 is 2.00 bits per heavy atom. The van der Waals surface area contributed by atoms with Crippen LogP contribution in [0.5, 0.6) is 0 Å². The molecule has 1 aliphatic carbocycles. The molecule has 0 atom stereocenters. The van der Waals surface area contributed by atoms with Crippen LogP contribution in [-0.2, 0) is 6.42 Å². The van der Waals surface area contributed by atoms with Gasteiger partial charge in [-0.3, -0.25) is 0 Å². The fourth-order valence-electron chi connectivity index (χ4n) is 2.53. The molecule has 0 unspecified atom stereocenters. The average molecular weight is 274 g/mol. The van der Waals surface area contributed by atoms with Gasteiger partial charge in [-0.15, -0.1) is 11.3 Å². The van der Waals surface area contributed by atoms with E-state index in [1.165, 1.54) is 16.2 Å². The van der Waals surface area contributed by atoms with Crippen molar-refractivity contribution in [3.63, 3.8) is 0 Å². The lowest BCUT2D eigenvalue weighted by atomic mass is 9.84. The topological polar surface area (TPSA) is 38.9 Å². The molecule has 2 N–H and O–H groups in total. The van der Waals surface area contributed by atoms with Crippen LogP contribution >= 0.6 is 11.3 Å². The zero-order chi connectivity index (χ0) is 13.3. The number of nitrogen functional groups attached to an aromatic ring is 1. The molecule has 102 valence electrons. The third kappa shape index (κ3) is 3.19. The highest BCUT2D eigenvalue weighted by Gasteiger charge is 2.36. The second kappa shape index (κ2) is 5.11. The van der Waals surface area contributed by atoms with Crippen LogP contribution in [0.2, 0.25) is 0 Å². The van der Waals surface area contributed by atoms with E-state index in [0.29, 0.717) is 23.9 Å². The van der Waals surface area contributed by atoms with Gasteiger partial charge in [-0.25, -0.2) is 13.8 Å². The molecule has 2 rings (SSSR count). The van der Waals surface area contributed by atoms with Crippen LogP contribution in [0.25, 0.3) is 0 Å². The van der Waals surface area contributed by atoms with Crippen molar-refractivity contribution in [2.45, 2.75) is 57.8 Å². The first-order valence-electron chi connectivity index (χ1n) is 6.50.